The lowest BCUT2D eigenvalue weighted by molar-refractivity contribution is 1.32. The van der Waals surface area contributed by atoms with Crippen LogP contribution < -0.4 is 10.6 Å². The van der Waals surface area contributed by atoms with Crippen molar-refractivity contribution in [1.29, 1.82) is 0 Å². The lowest BCUT2D eigenvalue weighted by Crippen LogP contribution is -2.07. The molecule has 1 aliphatic rings. The highest BCUT2D eigenvalue weighted by atomic mass is 15.0. The molecular weight excluding hydrogens is 292 g/mol. The van der Waals surface area contributed by atoms with Gasteiger partial charge in [0.15, 0.2) is 0 Å². The summed E-state index contributed by atoms with van der Waals surface area (Å²) in [4.78, 5) is 0. The van der Waals surface area contributed by atoms with E-state index in [1.807, 2.05) is 0 Å². The molecule has 0 fully saturated rings. The average Bonchev–Trinajstić information content (AvgIpc) is 2.58. The minimum Gasteiger partial charge on any atom is -0.352 e. The maximum atomic E-state index is 3.59. The number of nitrogens with one attached hydrogen (secondary N) is 2. The summed E-state index contributed by atoms with van der Waals surface area (Å²) in [6.07, 6.45) is 0. The highest BCUT2D eigenvalue weighted by Crippen LogP contribution is 2.42. The van der Waals surface area contributed by atoms with Crippen LogP contribution in [0.5, 0.6) is 0 Å². The smallest absolute Gasteiger partial charge is 0.0630 e. The van der Waals surface area contributed by atoms with Gasteiger partial charge in [0.25, 0.3) is 0 Å². The predicted octanol–water partition coefficient (Wildman–Crippen LogP) is 6.41. The lowest BCUT2D eigenvalue weighted by atomic mass is 10.0. The van der Waals surface area contributed by atoms with Gasteiger partial charge in [-0.25, -0.2) is 0 Å². The van der Waals surface area contributed by atoms with Crippen molar-refractivity contribution in [2.75, 3.05) is 10.6 Å². The molecule has 0 aliphatic carbocycles. The van der Waals surface area contributed by atoms with E-state index in [1.54, 1.807) is 0 Å². The molecule has 0 radical (unpaired) electrons. The molecule has 116 valence electrons. The van der Waals surface area contributed by atoms with Crippen molar-refractivity contribution in [2.24, 2.45) is 0 Å². The Bertz CT molecular complexity index is 1040. The Kier molecular flexibility index (Phi) is 2.66. The first-order chi connectivity index (χ1) is 11.7. The third kappa shape index (κ3) is 1.96. The summed E-state index contributed by atoms with van der Waals surface area (Å²) in [6.45, 7) is 4.30. The van der Waals surface area contributed by atoms with Crippen molar-refractivity contribution in [3.05, 3.63) is 71.8 Å². The lowest BCUT2D eigenvalue weighted by Gasteiger charge is -2.25. The second-order valence-electron chi connectivity index (χ2n) is 6.68. The minimum absolute atomic E-state index is 1.13. The molecule has 0 spiro atoms. The third-order valence-corrected chi connectivity index (χ3v) is 5.01. The molecule has 2 N–H and O–H groups in total. The summed E-state index contributed by atoms with van der Waals surface area (Å²) < 4.78 is 0. The van der Waals surface area contributed by atoms with Crippen molar-refractivity contribution in [2.45, 2.75) is 13.8 Å². The molecule has 24 heavy (non-hydrogen) atoms. The first-order valence-corrected chi connectivity index (χ1v) is 8.29. The molecule has 0 bridgehead atoms. The molecule has 1 aliphatic heterocycles. The monoisotopic (exact) mass is 310 g/mol. The molecule has 4 aromatic carbocycles. The van der Waals surface area contributed by atoms with E-state index in [-0.39, 0.29) is 0 Å². The standard InChI is InChI=1S/C22H18N2/c1-13-7-19-20(8-14(13)2)24-22-12-18-10-16-6-4-3-5-15(16)9-17(18)11-21(22)23-19/h3-12,23-24H,1-2H3. The van der Waals surface area contributed by atoms with E-state index >= 15 is 0 Å². The first kappa shape index (κ1) is 13.4. The van der Waals surface area contributed by atoms with Crippen LogP contribution in [0.2, 0.25) is 0 Å². The average molecular weight is 310 g/mol. The van der Waals surface area contributed by atoms with Crippen molar-refractivity contribution in [3.8, 4) is 0 Å². The van der Waals surface area contributed by atoms with Gasteiger partial charge >= 0.3 is 0 Å². The second kappa shape index (κ2) is 4.75. The molecule has 5 rings (SSSR count). The molecule has 0 atom stereocenters. The summed E-state index contributed by atoms with van der Waals surface area (Å²) in [6, 6.07) is 22.0. The molecule has 0 unspecified atom stereocenters. The number of anilines is 4. The van der Waals surface area contributed by atoms with Gasteiger partial charge in [0, 0.05) is 0 Å². The Morgan fingerprint density at radius 2 is 0.917 bits per heavy atom. The van der Waals surface area contributed by atoms with E-state index in [0.29, 0.717) is 0 Å². The van der Waals surface area contributed by atoms with Gasteiger partial charge in [-0.2, -0.15) is 0 Å². The van der Waals surface area contributed by atoms with Crippen molar-refractivity contribution >= 4 is 44.3 Å². The molecule has 0 amide bonds. The van der Waals surface area contributed by atoms with E-state index in [1.165, 1.54) is 32.7 Å². The highest BCUT2D eigenvalue weighted by Gasteiger charge is 2.16. The Morgan fingerprint density at radius 3 is 1.38 bits per heavy atom. The largest absolute Gasteiger partial charge is 0.352 e. The molecule has 0 saturated heterocycles. The summed E-state index contributed by atoms with van der Waals surface area (Å²) in [5.41, 5.74) is 7.16. The maximum absolute atomic E-state index is 3.59. The summed E-state index contributed by atoms with van der Waals surface area (Å²) in [5, 5.41) is 12.2. The Hall–Kier alpha value is -3.00. The zero-order chi connectivity index (χ0) is 16.3. The van der Waals surface area contributed by atoms with Crippen LogP contribution in [0, 0.1) is 13.8 Å². The quantitative estimate of drug-likeness (QED) is 0.323. The number of benzene rings is 4. The predicted molar refractivity (Wildman–Crippen MR) is 104 cm³/mol. The van der Waals surface area contributed by atoms with Crippen LogP contribution in [-0.2, 0) is 0 Å². The SMILES string of the molecule is Cc1cc2c(cc1C)Nc1cc3cc4ccccc4cc3cc1N2. The maximum Gasteiger partial charge on any atom is 0.0630 e. The van der Waals surface area contributed by atoms with Crippen LogP contribution in [-0.4, -0.2) is 0 Å². The minimum atomic E-state index is 1.13. The van der Waals surface area contributed by atoms with E-state index in [9.17, 15) is 0 Å². The van der Waals surface area contributed by atoms with Gasteiger partial charge in [-0.05, 0) is 82.9 Å². The fraction of sp³-hybridized carbons (Fsp3) is 0.0909. The topological polar surface area (TPSA) is 24.1 Å². The molecule has 4 aromatic rings. The number of rotatable bonds is 0. The van der Waals surface area contributed by atoms with Gasteiger partial charge in [0.1, 0.15) is 0 Å². The van der Waals surface area contributed by atoms with Crippen LogP contribution in [0.15, 0.2) is 60.7 Å². The number of aryl methyl sites for hydroxylation is 2. The van der Waals surface area contributed by atoms with Gasteiger partial charge < -0.3 is 10.6 Å². The molecule has 1 heterocycles. The number of fused-ring (bicyclic) bond motifs is 4. The van der Waals surface area contributed by atoms with Crippen molar-refractivity contribution < 1.29 is 0 Å². The van der Waals surface area contributed by atoms with Crippen LogP contribution in [0.25, 0.3) is 21.5 Å². The van der Waals surface area contributed by atoms with Crippen LogP contribution in [0.4, 0.5) is 22.7 Å². The number of hydrogen-bond donors (Lipinski definition) is 2. The first-order valence-electron chi connectivity index (χ1n) is 8.29. The third-order valence-electron chi connectivity index (χ3n) is 5.01. The fourth-order valence-electron chi connectivity index (χ4n) is 3.51. The van der Waals surface area contributed by atoms with Crippen molar-refractivity contribution in [1.82, 2.24) is 0 Å². The van der Waals surface area contributed by atoms with E-state index in [4.69, 9.17) is 0 Å². The molecule has 2 nitrogen and oxygen atoms in total. The summed E-state index contributed by atoms with van der Waals surface area (Å²) in [7, 11) is 0. The Balaban J connectivity index is 1.71. The zero-order valence-corrected chi connectivity index (χ0v) is 13.8. The van der Waals surface area contributed by atoms with Gasteiger partial charge in [-0.15, -0.1) is 0 Å². The van der Waals surface area contributed by atoms with E-state index < -0.39 is 0 Å². The van der Waals surface area contributed by atoms with Gasteiger partial charge in [-0.1, -0.05) is 24.3 Å². The van der Waals surface area contributed by atoms with Crippen molar-refractivity contribution in [3.63, 3.8) is 0 Å². The second-order valence-corrected chi connectivity index (χ2v) is 6.68. The normalized spacial score (nSPS) is 12.4. The van der Waals surface area contributed by atoms with Crippen LogP contribution in [0.1, 0.15) is 11.1 Å². The van der Waals surface area contributed by atoms with Crippen LogP contribution >= 0.6 is 0 Å². The molecular formula is C22H18N2. The Labute approximate surface area is 141 Å². The van der Waals surface area contributed by atoms with E-state index in [2.05, 4.69) is 85.1 Å². The van der Waals surface area contributed by atoms with Crippen LogP contribution in [0.3, 0.4) is 0 Å². The van der Waals surface area contributed by atoms with Gasteiger partial charge in [0.2, 0.25) is 0 Å². The summed E-state index contributed by atoms with van der Waals surface area (Å²) >= 11 is 0. The highest BCUT2D eigenvalue weighted by molar-refractivity contribution is 6.04. The Morgan fingerprint density at radius 1 is 0.500 bits per heavy atom. The van der Waals surface area contributed by atoms with Gasteiger partial charge in [0.05, 0.1) is 22.7 Å². The molecule has 0 aromatic heterocycles. The number of hydrogen-bond acceptors (Lipinski definition) is 2. The fourth-order valence-corrected chi connectivity index (χ4v) is 3.51. The summed E-state index contributed by atoms with van der Waals surface area (Å²) in [5.74, 6) is 0. The van der Waals surface area contributed by atoms with E-state index in [0.717, 1.165) is 22.7 Å². The van der Waals surface area contributed by atoms with Gasteiger partial charge in [-0.3, -0.25) is 0 Å². The molecule has 0 saturated carbocycles. The molecule has 2 heteroatoms. The zero-order valence-electron chi connectivity index (χ0n) is 13.8.